The first kappa shape index (κ1) is 20.1. The van der Waals surface area contributed by atoms with Crippen molar-refractivity contribution >= 4 is 33.0 Å². The molecule has 0 aromatic heterocycles. The Hall–Kier alpha value is -0.960. The number of halogens is 1. The van der Waals surface area contributed by atoms with Crippen LogP contribution in [0.5, 0.6) is 0 Å². The topological polar surface area (TPSA) is 63.6 Å². The molecule has 4 nitrogen and oxygen atoms in total. The van der Waals surface area contributed by atoms with Crippen LogP contribution < -0.4 is 0 Å². The fourth-order valence-corrected chi connectivity index (χ4v) is 2.45. The van der Waals surface area contributed by atoms with Crippen molar-refractivity contribution in [2.45, 2.75) is 26.9 Å². The van der Waals surface area contributed by atoms with E-state index in [1.54, 1.807) is 30.3 Å². The lowest BCUT2D eigenvalue weighted by atomic mass is 10.0. The standard InChI is InChI=1S/C10H13I.C7H8O4S/c1-8(2)7-9-3-5-10(11)6-4-9;8-12(9,10)11-6-7-4-2-1-3-5-7/h3-6,8H,7H2,1-2H3;1-5H,6H2,(H,8,9,10). The molecule has 126 valence electrons. The summed E-state index contributed by atoms with van der Waals surface area (Å²) in [5, 5.41) is 0. The van der Waals surface area contributed by atoms with E-state index >= 15 is 0 Å². The van der Waals surface area contributed by atoms with E-state index < -0.39 is 10.4 Å². The Balaban J connectivity index is 0.000000231. The van der Waals surface area contributed by atoms with Gasteiger partial charge in [-0.2, -0.15) is 8.42 Å². The average molecular weight is 448 g/mol. The molecule has 0 saturated carbocycles. The van der Waals surface area contributed by atoms with Crippen molar-refractivity contribution in [1.82, 2.24) is 0 Å². The lowest BCUT2D eigenvalue weighted by Gasteiger charge is -2.03. The van der Waals surface area contributed by atoms with E-state index in [1.165, 1.54) is 15.6 Å². The second-order valence-electron chi connectivity index (χ2n) is 5.40. The molecular formula is C17H21IO4S. The van der Waals surface area contributed by atoms with Gasteiger partial charge in [-0.1, -0.05) is 56.3 Å². The number of hydrogen-bond acceptors (Lipinski definition) is 3. The van der Waals surface area contributed by atoms with Gasteiger partial charge in [0.2, 0.25) is 0 Å². The number of benzene rings is 2. The van der Waals surface area contributed by atoms with Crippen LogP contribution in [0.1, 0.15) is 25.0 Å². The van der Waals surface area contributed by atoms with E-state index in [0.717, 1.165) is 5.92 Å². The van der Waals surface area contributed by atoms with Crippen molar-refractivity contribution in [2.24, 2.45) is 5.92 Å². The summed E-state index contributed by atoms with van der Waals surface area (Å²) in [7, 11) is -4.32. The van der Waals surface area contributed by atoms with E-state index in [-0.39, 0.29) is 6.61 Å². The minimum absolute atomic E-state index is 0.139. The van der Waals surface area contributed by atoms with Gasteiger partial charge in [0.05, 0.1) is 6.61 Å². The summed E-state index contributed by atoms with van der Waals surface area (Å²) in [5.41, 5.74) is 2.13. The van der Waals surface area contributed by atoms with Gasteiger partial charge in [0.25, 0.3) is 0 Å². The molecule has 0 saturated heterocycles. The van der Waals surface area contributed by atoms with Gasteiger partial charge in [0.1, 0.15) is 0 Å². The van der Waals surface area contributed by atoms with E-state index in [4.69, 9.17) is 4.55 Å². The smallest absolute Gasteiger partial charge is 0.264 e. The maximum absolute atomic E-state index is 10.1. The molecule has 23 heavy (non-hydrogen) atoms. The van der Waals surface area contributed by atoms with Crippen LogP contribution in [0.25, 0.3) is 0 Å². The predicted molar refractivity (Wildman–Crippen MR) is 100 cm³/mol. The minimum atomic E-state index is -4.32. The molecule has 0 radical (unpaired) electrons. The molecule has 0 amide bonds. The maximum atomic E-state index is 10.1. The van der Waals surface area contributed by atoms with Crippen molar-refractivity contribution in [1.29, 1.82) is 0 Å². The molecule has 0 spiro atoms. The molecule has 6 heteroatoms. The highest BCUT2D eigenvalue weighted by Crippen LogP contribution is 2.10. The number of hydrogen-bond donors (Lipinski definition) is 1. The average Bonchev–Trinajstić information content (AvgIpc) is 2.48. The van der Waals surface area contributed by atoms with Crippen molar-refractivity contribution < 1.29 is 17.2 Å². The van der Waals surface area contributed by atoms with Crippen molar-refractivity contribution in [3.05, 3.63) is 69.3 Å². The Labute approximate surface area is 152 Å². The molecule has 0 aliphatic carbocycles. The van der Waals surface area contributed by atoms with Crippen LogP contribution in [-0.4, -0.2) is 13.0 Å². The van der Waals surface area contributed by atoms with Gasteiger partial charge in [-0.25, -0.2) is 4.18 Å². The SMILES string of the molecule is CC(C)Cc1ccc(I)cc1.O=S(=O)(O)OCc1ccccc1. The van der Waals surface area contributed by atoms with Gasteiger partial charge in [-0.3, -0.25) is 4.55 Å². The third kappa shape index (κ3) is 10.4. The van der Waals surface area contributed by atoms with E-state index in [1.807, 2.05) is 0 Å². The molecule has 2 aromatic carbocycles. The Bertz CT molecular complexity index is 667. The monoisotopic (exact) mass is 448 g/mol. The van der Waals surface area contributed by atoms with E-state index in [2.05, 4.69) is 64.9 Å². The Morgan fingerprint density at radius 2 is 1.57 bits per heavy atom. The first-order valence-corrected chi connectivity index (χ1v) is 9.61. The predicted octanol–water partition coefficient (Wildman–Crippen LogP) is 4.50. The zero-order chi connectivity index (χ0) is 17.3. The first-order valence-electron chi connectivity index (χ1n) is 7.16. The molecule has 0 atom stereocenters. The summed E-state index contributed by atoms with van der Waals surface area (Å²) in [6, 6.07) is 17.5. The Morgan fingerprint density at radius 1 is 1.00 bits per heavy atom. The lowest BCUT2D eigenvalue weighted by molar-refractivity contribution is 0.259. The maximum Gasteiger partial charge on any atom is 0.397 e. The van der Waals surface area contributed by atoms with Crippen LogP contribution in [0.3, 0.4) is 0 Å². The zero-order valence-corrected chi connectivity index (χ0v) is 16.1. The molecule has 0 aliphatic rings. The zero-order valence-electron chi connectivity index (χ0n) is 13.1. The molecular weight excluding hydrogens is 427 g/mol. The van der Waals surface area contributed by atoms with Gasteiger partial charge < -0.3 is 0 Å². The molecule has 2 aromatic rings. The summed E-state index contributed by atoms with van der Waals surface area (Å²) in [6.07, 6.45) is 1.19. The fraction of sp³-hybridized carbons (Fsp3) is 0.294. The van der Waals surface area contributed by atoms with Crippen molar-refractivity contribution in [3.8, 4) is 0 Å². The van der Waals surface area contributed by atoms with Gasteiger partial charge >= 0.3 is 10.4 Å². The van der Waals surface area contributed by atoms with Crippen LogP contribution >= 0.6 is 22.6 Å². The van der Waals surface area contributed by atoms with E-state index in [9.17, 15) is 8.42 Å². The van der Waals surface area contributed by atoms with Crippen molar-refractivity contribution in [2.75, 3.05) is 0 Å². The van der Waals surface area contributed by atoms with Gasteiger partial charge in [0.15, 0.2) is 0 Å². The quantitative estimate of drug-likeness (QED) is 0.541. The summed E-state index contributed by atoms with van der Waals surface area (Å²) in [4.78, 5) is 0. The Kier molecular flexibility index (Phi) is 8.75. The first-order chi connectivity index (χ1) is 10.8. The van der Waals surface area contributed by atoms with Gasteiger partial charge in [-0.15, -0.1) is 0 Å². The molecule has 1 N–H and O–H groups in total. The van der Waals surface area contributed by atoms with E-state index in [0.29, 0.717) is 5.56 Å². The molecule has 0 bridgehead atoms. The summed E-state index contributed by atoms with van der Waals surface area (Å²) in [5.74, 6) is 0.759. The van der Waals surface area contributed by atoms with Crippen LogP contribution in [0.2, 0.25) is 0 Å². The third-order valence-electron chi connectivity index (χ3n) is 2.77. The highest BCUT2D eigenvalue weighted by Gasteiger charge is 2.03. The second kappa shape index (κ2) is 10.0. The van der Waals surface area contributed by atoms with Crippen LogP contribution in [-0.2, 0) is 27.6 Å². The highest BCUT2D eigenvalue weighted by molar-refractivity contribution is 14.1. The Morgan fingerprint density at radius 3 is 2.04 bits per heavy atom. The normalized spacial score (nSPS) is 11.0. The van der Waals surface area contributed by atoms with Crippen molar-refractivity contribution in [3.63, 3.8) is 0 Å². The highest BCUT2D eigenvalue weighted by atomic mass is 127. The largest absolute Gasteiger partial charge is 0.397 e. The minimum Gasteiger partial charge on any atom is -0.264 e. The molecule has 0 heterocycles. The summed E-state index contributed by atoms with van der Waals surface area (Å²) in [6.45, 7) is 4.36. The summed E-state index contributed by atoms with van der Waals surface area (Å²) >= 11 is 2.33. The van der Waals surface area contributed by atoms with Gasteiger partial charge in [0, 0.05) is 3.57 Å². The second-order valence-corrected chi connectivity index (χ2v) is 7.74. The van der Waals surface area contributed by atoms with Crippen LogP contribution in [0.15, 0.2) is 54.6 Å². The molecule has 0 unspecified atom stereocenters. The lowest BCUT2D eigenvalue weighted by Crippen LogP contribution is -2.03. The van der Waals surface area contributed by atoms with Crippen LogP contribution in [0, 0.1) is 9.49 Å². The summed E-state index contributed by atoms with van der Waals surface area (Å²) < 4.78 is 34.0. The molecule has 0 aliphatic heterocycles. The number of rotatable bonds is 5. The molecule has 2 rings (SSSR count). The fourth-order valence-electron chi connectivity index (χ4n) is 1.81. The van der Waals surface area contributed by atoms with Crippen LogP contribution in [0.4, 0.5) is 0 Å². The molecule has 0 fully saturated rings. The van der Waals surface area contributed by atoms with Gasteiger partial charge in [-0.05, 0) is 58.2 Å². The third-order valence-corrected chi connectivity index (χ3v) is 3.91.